The Morgan fingerprint density at radius 1 is 1.14 bits per heavy atom. The van der Waals surface area contributed by atoms with E-state index in [2.05, 4.69) is 16.0 Å². The largest absolute Gasteiger partial charge is 0.493 e. The summed E-state index contributed by atoms with van der Waals surface area (Å²) in [5, 5.41) is 2.61. The molecule has 1 aliphatic heterocycles. The van der Waals surface area contributed by atoms with Crippen LogP contribution in [0.5, 0.6) is 11.5 Å². The van der Waals surface area contributed by atoms with Gasteiger partial charge in [-0.15, -0.1) is 11.3 Å². The normalized spacial score (nSPS) is 15.1. The number of fused-ring (bicyclic) bond motifs is 2. The van der Waals surface area contributed by atoms with E-state index in [1.807, 2.05) is 46.7 Å². The monoisotopic (exact) mass is 489 g/mol. The SMILES string of the molecule is COc1cc2c(cc1OC)C(c1cccs1)N(C(=O)CCCc1nc3ccccc3c(=O)[nH]1)CC2. The van der Waals surface area contributed by atoms with Crippen LogP contribution in [-0.4, -0.2) is 41.5 Å². The molecule has 7 nitrogen and oxygen atoms in total. The fraction of sp³-hybridized carbons (Fsp3) is 0.296. The first-order chi connectivity index (χ1) is 17.1. The van der Waals surface area contributed by atoms with Gasteiger partial charge < -0.3 is 19.4 Å². The van der Waals surface area contributed by atoms with Crippen molar-refractivity contribution in [3.8, 4) is 11.5 Å². The molecule has 35 heavy (non-hydrogen) atoms. The topological polar surface area (TPSA) is 84.5 Å². The second-order valence-corrected chi connectivity index (χ2v) is 9.52. The van der Waals surface area contributed by atoms with Gasteiger partial charge >= 0.3 is 0 Å². The minimum atomic E-state index is -0.162. The molecule has 4 aromatic rings. The number of carbonyl (C=O) groups is 1. The van der Waals surface area contributed by atoms with Crippen molar-refractivity contribution in [2.24, 2.45) is 0 Å². The Morgan fingerprint density at radius 3 is 2.71 bits per heavy atom. The highest BCUT2D eigenvalue weighted by molar-refractivity contribution is 7.10. The molecule has 0 bridgehead atoms. The van der Waals surface area contributed by atoms with Crippen molar-refractivity contribution in [1.29, 1.82) is 0 Å². The molecule has 5 rings (SSSR count). The summed E-state index contributed by atoms with van der Waals surface area (Å²) in [5.41, 5.74) is 2.77. The van der Waals surface area contributed by atoms with E-state index < -0.39 is 0 Å². The number of ether oxygens (including phenoxy) is 2. The Morgan fingerprint density at radius 2 is 1.94 bits per heavy atom. The van der Waals surface area contributed by atoms with Crippen LogP contribution in [0.2, 0.25) is 0 Å². The molecular weight excluding hydrogens is 462 g/mol. The van der Waals surface area contributed by atoms with Crippen LogP contribution in [0, 0.1) is 0 Å². The number of aryl methyl sites for hydroxylation is 1. The number of carbonyl (C=O) groups excluding carboxylic acids is 1. The molecule has 3 heterocycles. The Kier molecular flexibility index (Phi) is 6.55. The second kappa shape index (κ2) is 9.92. The smallest absolute Gasteiger partial charge is 0.258 e. The number of amides is 1. The minimum absolute atomic E-state index is 0.0898. The molecule has 1 aliphatic rings. The van der Waals surface area contributed by atoms with Gasteiger partial charge in [0.25, 0.3) is 5.56 Å². The van der Waals surface area contributed by atoms with Gasteiger partial charge in [0.2, 0.25) is 5.91 Å². The number of aromatic nitrogens is 2. The van der Waals surface area contributed by atoms with Crippen molar-refractivity contribution in [3.05, 3.63) is 86.1 Å². The average molecular weight is 490 g/mol. The molecule has 2 aromatic carbocycles. The highest BCUT2D eigenvalue weighted by Gasteiger charge is 2.33. The van der Waals surface area contributed by atoms with E-state index in [0.29, 0.717) is 54.0 Å². The molecule has 0 saturated carbocycles. The van der Waals surface area contributed by atoms with Gasteiger partial charge in [-0.1, -0.05) is 18.2 Å². The molecule has 0 fully saturated rings. The average Bonchev–Trinajstić information content (AvgIpc) is 3.41. The van der Waals surface area contributed by atoms with Crippen LogP contribution < -0.4 is 15.0 Å². The van der Waals surface area contributed by atoms with E-state index >= 15 is 0 Å². The summed E-state index contributed by atoms with van der Waals surface area (Å²) in [6.07, 6.45) is 2.27. The number of methoxy groups -OCH3 is 2. The van der Waals surface area contributed by atoms with Crippen LogP contribution in [0.1, 0.15) is 40.7 Å². The standard InChI is InChI=1S/C27H27N3O4S/c1-33-21-15-17-12-13-30(26(23-9-6-14-35-23)19(17)16-22(21)34-2)25(31)11-5-10-24-28-20-8-4-3-7-18(20)27(32)29-24/h3-4,6-9,14-16,26H,5,10-13H2,1-2H3,(H,28,29,32). The van der Waals surface area contributed by atoms with E-state index in [-0.39, 0.29) is 17.5 Å². The lowest BCUT2D eigenvalue weighted by atomic mass is 9.90. The Labute approximate surface area is 207 Å². The molecule has 0 spiro atoms. The number of hydrogen-bond donors (Lipinski definition) is 1. The first kappa shape index (κ1) is 23.1. The van der Waals surface area contributed by atoms with E-state index in [0.717, 1.165) is 16.9 Å². The van der Waals surface area contributed by atoms with Gasteiger partial charge in [-0.25, -0.2) is 4.98 Å². The third-order valence-electron chi connectivity index (χ3n) is 6.47. The van der Waals surface area contributed by atoms with Crippen LogP contribution in [-0.2, 0) is 17.6 Å². The Balaban J connectivity index is 1.36. The first-order valence-corrected chi connectivity index (χ1v) is 12.5. The quantitative estimate of drug-likeness (QED) is 0.413. The summed E-state index contributed by atoms with van der Waals surface area (Å²) in [6.45, 7) is 0.634. The number of H-pyrrole nitrogens is 1. The number of benzene rings is 2. The van der Waals surface area contributed by atoms with Gasteiger partial charge in [0.15, 0.2) is 11.5 Å². The molecule has 1 amide bonds. The number of para-hydroxylation sites is 1. The zero-order valence-corrected chi connectivity index (χ0v) is 20.6. The molecule has 180 valence electrons. The van der Waals surface area contributed by atoms with Gasteiger partial charge in [-0.2, -0.15) is 0 Å². The van der Waals surface area contributed by atoms with E-state index in [9.17, 15) is 9.59 Å². The predicted octanol–water partition coefficient (Wildman–Crippen LogP) is 4.50. The number of hydrogen-bond acceptors (Lipinski definition) is 6. The highest BCUT2D eigenvalue weighted by Crippen LogP contribution is 2.42. The van der Waals surface area contributed by atoms with Crippen molar-refractivity contribution < 1.29 is 14.3 Å². The predicted molar refractivity (Wildman–Crippen MR) is 136 cm³/mol. The molecule has 0 radical (unpaired) electrons. The highest BCUT2D eigenvalue weighted by atomic mass is 32.1. The molecule has 0 saturated heterocycles. The Hall–Kier alpha value is -3.65. The minimum Gasteiger partial charge on any atom is -0.493 e. The summed E-state index contributed by atoms with van der Waals surface area (Å²) in [5.74, 6) is 2.06. The maximum absolute atomic E-state index is 13.4. The summed E-state index contributed by atoms with van der Waals surface area (Å²) < 4.78 is 11.1. The van der Waals surface area contributed by atoms with E-state index in [4.69, 9.17) is 9.47 Å². The van der Waals surface area contributed by atoms with Gasteiger partial charge in [-0.05, 0) is 59.7 Å². The lowest BCUT2D eigenvalue weighted by Crippen LogP contribution is -2.40. The lowest BCUT2D eigenvalue weighted by molar-refractivity contribution is -0.133. The number of rotatable bonds is 7. The van der Waals surface area contributed by atoms with Crippen LogP contribution in [0.15, 0.2) is 58.7 Å². The van der Waals surface area contributed by atoms with E-state index in [1.165, 1.54) is 5.56 Å². The summed E-state index contributed by atoms with van der Waals surface area (Å²) >= 11 is 1.65. The molecular formula is C27H27N3O4S. The van der Waals surface area contributed by atoms with Gasteiger partial charge in [0.1, 0.15) is 5.82 Å². The number of nitrogens with one attached hydrogen (secondary N) is 1. The lowest BCUT2D eigenvalue weighted by Gasteiger charge is -2.37. The van der Waals surface area contributed by atoms with Crippen LogP contribution in [0.4, 0.5) is 0 Å². The van der Waals surface area contributed by atoms with E-state index in [1.54, 1.807) is 31.6 Å². The molecule has 1 unspecified atom stereocenters. The molecule has 2 aromatic heterocycles. The van der Waals surface area contributed by atoms with Crippen LogP contribution >= 0.6 is 11.3 Å². The van der Waals surface area contributed by atoms with Crippen molar-refractivity contribution in [1.82, 2.24) is 14.9 Å². The number of nitrogens with zero attached hydrogens (tertiary/aromatic N) is 2. The van der Waals surface area contributed by atoms with Gasteiger partial charge in [0.05, 0.1) is 31.2 Å². The Bertz CT molecular complexity index is 1410. The first-order valence-electron chi connectivity index (χ1n) is 11.6. The van der Waals surface area contributed by atoms with Crippen LogP contribution in [0.3, 0.4) is 0 Å². The number of thiophene rings is 1. The zero-order chi connectivity index (χ0) is 24.4. The van der Waals surface area contributed by atoms with Crippen molar-refractivity contribution in [2.75, 3.05) is 20.8 Å². The summed E-state index contributed by atoms with van der Waals surface area (Å²) in [4.78, 5) is 36.3. The summed E-state index contributed by atoms with van der Waals surface area (Å²) in [7, 11) is 3.26. The number of aromatic amines is 1. The zero-order valence-electron chi connectivity index (χ0n) is 19.7. The fourth-order valence-electron chi connectivity index (χ4n) is 4.77. The van der Waals surface area contributed by atoms with Crippen LogP contribution in [0.25, 0.3) is 10.9 Å². The van der Waals surface area contributed by atoms with Crippen molar-refractivity contribution >= 4 is 28.1 Å². The maximum atomic E-state index is 13.4. The second-order valence-electron chi connectivity index (χ2n) is 8.54. The van der Waals surface area contributed by atoms with Crippen molar-refractivity contribution in [3.63, 3.8) is 0 Å². The molecule has 8 heteroatoms. The van der Waals surface area contributed by atoms with Gasteiger partial charge in [-0.3, -0.25) is 9.59 Å². The third kappa shape index (κ3) is 4.53. The molecule has 1 atom stereocenters. The summed E-state index contributed by atoms with van der Waals surface area (Å²) in [6, 6.07) is 15.2. The van der Waals surface area contributed by atoms with Gasteiger partial charge in [0, 0.05) is 24.3 Å². The maximum Gasteiger partial charge on any atom is 0.258 e. The van der Waals surface area contributed by atoms with Crippen molar-refractivity contribution in [2.45, 2.75) is 31.7 Å². The molecule has 0 aliphatic carbocycles. The third-order valence-corrected chi connectivity index (χ3v) is 7.40. The molecule has 1 N–H and O–H groups in total. The fourth-order valence-corrected chi connectivity index (χ4v) is 5.63.